The van der Waals surface area contributed by atoms with E-state index < -0.39 is 0 Å². The molecule has 0 radical (unpaired) electrons. The second-order valence-electron chi connectivity index (χ2n) is 5.60. The molecule has 1 amide bonds. The minimum Gasteiger partial charge on any atom is -0.495 e. The van der Waals surface area contributed by atoms with Crippen LogP contribution in [-0.4, -0.2) is 25.0 Å². The molecule has 6 heteroatoms. The second kappa shape index (κ2) is 7.77. The number of anilines is 1. The van der Waals surface area contributed by atoms with Crippen LogP contribution >= 0.6 is 23.2 Å². The third kappa shape index (κ3) is 3.66. The molecule has 0 aliphatic carbocycles. The molecule has 0 fully saturated rings. The first kappa shape index (κ1) is 18.2. The van der Waals surface area contributed by atoms with Crippen molar-refractivity contribution in [3.8, 4) is 16.9 Å². The van der Waals surface area contributed by atoms with Gasteiger partial charge in [-0.15, -0.1) is 0 Å². The first-order chi connectivity index (χ1) is 12.5. The number of methoxy groups -OCH3 is 1. The Morgan fingerprint density at radius 1 is 1.08 bits per heavy atom. The topological polar surface area (TPSA) is 42.4 Å². The molecule has 0 spiro atoms. The molecule has 0 bridgehead atoms. The van der Waals surface area contributed by atoms with Gasteiger partial charge in [-0.05, 0) is 42.5 Å². The number of hydrogen-bond donors (Lipinski definition) is 0. The Morgan fingerprint density at radius 3 is 2.54 bits per heavy atom. The van der Waals surface area contributed by atoms with Crippen LogP contribution in [0.1, 0.15) is 10.4 Å². The molecule has 3 aromatic rings. The smallest absolute Gasteiger partial charge is 0.258 e. The summed E-state index contributed by atoms with van der Waals surface area (Å²) >= 11 is 12.2. The zero-order chi connectivity index (χ0) is 18.7. The molecular weight excluding hydrogens is 371 g/mol. The SMILES string of the molecule is COc1ccccc1N(C)C(=O)c1ccc(Cl)c(-c2ccc(Cl)nc2)c1. The van der Waals surface area contributed by atoms with Crippen molar-refractivity contribution < 1.29 is 9.53 Å². The van der Waals surface area contributed by atoms with E-state index in [-0.39, 0.29) is 5.91 Å². The van der Waals surface area contributed by atoms with E-state index in [2.05, 4.69) is 4.98 Å². The van der Waals surface area contributed by atoms with Crippen LogP contribution in [0.3, 0.4) is 0 Å². The van der Waals surface area contributed by atoms with Gasteiger partial charge in [-0.3, -0.25) is 4.79 Å². The van der Waals surface area contributed by atoms with Crippen LogP contribution in [0.15, 0.2) is 60.8 Å². The molecule has 132 valence electrons. The normalized spacial score (nSPS) is 10.5. The molecule has 4 nitrogen and oxygen atoms in total. The van der Waals surface area contributed by atoms with Crippen LogP contribution in [0.2, 0.25) is 10.2 Å². The molecular formula is C20H16Cl2N2O2. The highest BCUT2D eigenvalue weighted by atomic mass is 35.5. The largest absolute Gasteiger partial charge is 0.495 e. The molecule has 1 aromatic heterocycles. The molecule has 2 aromatic carbocycles. The summed E-state index contributed by atoms with van der Waals surface area (Å²) in [5.41, 5.74) is 2.70. The zero-order valence-electron chi connectivity index (χ0n) is 14.2. The van der Waals surface area contributed by atoms with Crippen LogP contribution in [0.25, 0.3) is 11.1 Å². The zero-order valence-corrected chi connectivity index (χ0v) is 15.8. The summed E-state index contributed by atoms with van der Waals surface area (Å²) in [6.07, 6.45) is 1.63. The highest BCUT2D eigenvalue weighted by Gasteiger charge is 2.18. The first-order valence-electron chi connectivity index (χ1n) is 7.84. The van der Waals surface area contributed by atoms with Crippen molar-refractivity contribution in [2.24, 2.45) is 0 Å². The number of nitrogens with zero attached hydrogens (tertiary/aromatic N) is 2. The molecule has 1 heterocycles. The molecule has 3 rings (SSSR count). The number of amides is 1. The van der Waals surface area contributed by atoms with Crippen molar-refractivity contribution >= 4 is 34.8 Å². The molecule has 0 aliphatic rings. The number of carbonyl (C=O) groups excluding carboxylic acids is 1. The Kier molecular flexibility index (Phi) is 5.45. The van der Waals surface area contributed by atoms with Crippen molar-refractivity contribution in [1.82, 2.24) is 4.98 Å². The lowest BCUT2D eigenvalue weighted by Crippen LogP contribution is -2.26. The van der Waals surface area contributed by atoms with E-state index in [9.17, 15) is 4.79 Å². The van der Waals surface area contributed by atoms with Crippen molar-refractivity contribution in [1.29, 1.82) is 0 Å². The van der Waals surface area contributed by atoms with E-state index in [0.717, 1.165) is 11.1 Å². The minimum absolute atomic E-state index is 0.172. The average molecular weight is 387 g/mol. The van der Waals surface area contributed by atoms with Gasteiger partial charge in [0.25, 0.3) is 5.91 Å². The van der Waals surface area contributed by atoms with Gasteiger partial charge in [0.05, 0.1) is 12.8 Å². The van der Waals surface area contributed by atoms with Crippen molar-refractivity contribution in [3.05, 3.63) is 76.5 Å². The number of benzene rings is 2. The summed E-state index contributed by atoms with van der Waals surface area (Å²) in [6, 6.07) is 16.0. The number of hydrogen-bond acceptors (Lipinski definition) is 3. The lowest BCUT2D eigenvalue weighted by atomic mass is 10.0. The number of carbonyl (C=O) groups is 1. The molecule has 0 aliphatic heterocycles. The molecule has 26 heavy (non-hydrogen) atoms. The van der Waals surface area contributed by atoms with Crippen molar-refractivity contribution in [2.45, 2.75) is 0 Å². The molecule has 0 saturated carbocycles. The fourth-order valence-electron chi connectivity index (χ4n) is 2.62. The van der Waals surface area contributed by atoms with E-state index in [1.807, 2.05) is 30.3 Å². The fourth-order valence-corrected chi connectivity index (χ4v) is 2.96. The quantitative estimate of drug-likeness (QED) is 0.568. The van der Waals surface area contributed by atoms with Gasteiger partial charge in [-0.25, -0.2) is 4.98 Å². The van der Waals surface area contributed by atoms with Gasteiger partial charge in [0, 0.05) is 35.0 Å². The van der Waals surface area contributed by atoms with E-state index in [1.165, 1.54) is 0 Å². The summed E-state index contributed by atoms with van der Waals surface area (Å²) in [6.45, 7) is 0. The van der Waals surface area contributed by atoms with Crippen LogP contribution in [0.5, 0.6) is 5.75 Å². The first-order valence-corrected chi connectivity index (χ1v) is 8.59. The van der Waals surface area contributed by atoms with Gasteiger partial charge in [-0.1, -0.05) is 35.3 Å². The van der Waals surface area contributed by atoms with Crippen molar-refractivity contribution in [3.63, 3.8) is 0 Å². The minimum atomic E-state index is -0.172. The Labute approximate surface area is 162 Å². The van der Waals surface area contributed by atoms with E-state index >= 15 is 0 Å². The number of halogens is 2. The van der Waals surface area contributed by atoms with Crippen LogP contribution in [0, 0.1) is 0 Å². The summed E-state index contributed by atoms with van der Waals surface area (Å²) in [7, 11) is 3.28. The molecule has 0 unspecified atom stereocenters. The third-order valence-electron chi connectivity index (χ3n) is 4.00. The molecule has 0 N–H and O–H groups in total. The van der Waals surface area contributed by atoms with Gasteiger partial charge in [-0.2, -0.15) is 0 Å². The number of ether oxygens (including phenoxy) is 1. The summed E-state index contributed by atoms with van der Waals surface area (Å²) in [5.74, 6) is 0.453. The van der Waals surface area contributed by atoms with Gasteiger partial charge in [0.1, 0.15) is 10.9 Å². The van der Waals surface area contributed by atoms with Crippen LogP contribution < -0.4 is 9.64 Å². The lowest BCUT2D eigenvalue weighted by Gasteiger charge is -2.20. The maximum absolute atomic E-state index is 13.0. The second-order valence-corrected chi connectivity index (χ2v) is 6.39. The van der Waals surface area contributed by atoms with E-state index in [4.69, 9.17) is 27.9 Å². The number of rotatable bonds is 4. The summed E-state index contributed by atoms with van der Waals surface area (Å²) < 4.78 is 5.34. The fraction of sp³-hybridized carbons (Fsp3) is 0.100. The maximum atomic E-state index is 13.0. The predicted molar refractivity (Wildman–Crippen MR) is 105 cm³/mol. The Morgan fingerprint density at radius 2 is 1.85 bits per heavy atom. The summed E-state index contributed by atoms with van der Waals surface area (Å²) in [5, 5.41) is 0.929. The number of para-hydroxylation sites is 2. The number of aromatic nitrogens is 1. The van der Waals surface area contributed by atoms with Gasteiger partial charge < -0.3 is 9.64 Å². The maximum Gasteiger partial charge on any atom is 0.258 e. The van der Waals surface area contributed by atoms with Gasteiger partial charge >= 0.3 is 0 Å². The lowest BCUT2D eigenvalue weighted by molar-refractivity contribution is 0.0992. The summed E-state index contributed by atoms with van der Waals surface area (Å²) in [4.78, 5) is 18.6. The number of pyridine rings is 1. The standard InChI is InChI=1S/C20H16Cl2N2O2/c1-24(17-5-3-4-6-18(17)26-2)20(25)13-7-9-16(21)15(11-13)14-8-10-19(22)23-12-14/h3-12H,1-2H3. The van der Waals surface area contributed by atoms with Gasteiger partial charge in [0.2, 0.25) is 0 Å². The van der Waals surface area contributed by atoms with Crippen LogP contribution in [-0.2, 0) is 0 Å². The van der Waals surface area contributed by atoms with Gasteiger partial charge in [0.15, 0.2) is 0 Å². The van der Waals surface area contributed by atoms with E-state index in [0.29, 0.717) is 27.2 Å². The van der Waals surface area contributed by atoms with E-state index in [1.54, 1.807) is 49.5 Å². The Balaban J connectivity index is 1.97. The average Bonchev–Trinajstić information content (AvgIpc) is 2.68. The Hall–Kier alpha value is -2.56. The predicted octanol–water partition coefficient (Wildman–Crippen LogP) is 5.34. The van der Waals surface area contributed by atoms with Crippen LogP contribution in [0.4, 0.5) is 5.69 Å². The third-order valence-corrected chi connectivity index (χ3v) is 4.56. The monoisotopic (exact) mass is 386 g/mol. The highest BCUT2D eigenvalue weighted by molar-refractivity contribution is 6.33. The Bertz CT molecular complexity index is 943. The van der Waals surface area contributed by atoms with Crippen molar-refractivity contribution in [2.75, 3.05) is 19.1 Å². The molecule has 0 saturated heterocycles. The highest BCUT2D eigenvalue weighted by Crippen LogP contribution is 2.31. The molecule has 0 atom stereocenters.